The highest BCUT2D eigenvalue weighted by atomic mass is 16.5. The van der Waals surface area contributed by atoms with Crippen LogP contribution in [0.15, 0.2) is 18.2 Å². The van der Waals surface area contributed by atoms with Gasteiger partial charge in [-0.25, -0.2) is 0 Å². The molecule has 0 radical (unpaired) electrons. The number of aryl methyl sites for hydroxylation is 1. The van der Waals surface area contributed by atoms with E-state index >= 15 is 0 Å². The Kier molecular flexibility index (Phi) is 5.23. The van der Waals surface area contributed by atoms with Crippen molar-refractivity contribution >= 4 is 5.97 Å². The first kappa shape index (κ1) is 15.8. The maximum atomic E-state index is 11.9. The predicted molar refractivity (Wildman–Crippen MR) is 82.6 cm³/mol. The molecule has 4 heteroatoms. The van der Waals surface area contributed by atoms with Gasteiger partial charge in [0, 0.05) is 6.04 Å². The van der Waals surface area contributed by atoms with Gasteiger partial charge < -0.3 is 14.8 Å². The summed E-state index contributed by atoms with van der Waals surface area (Å²) < 4.78 is 10.2. The SMILES string of the molecule is COC(=O)C(NC1CCc2ccc(OC)cc2C1)C(C)C. The van der Waals surface area contributed by atoms with Gasteiger partial charge >= 0.3 is 5.97 Å². The van der Waals surface area contributed by atoms with Crippen molar-refractivity contribution in [2.75, 3.05) is 14.2 Å². The van der Waals surface area contributed by atoms with Crippen molar-refractivity contribution in [1.82, 2.24) is 5.32 Å². The average Bonchev–Trinajstić information content (AvgIpc) is 2.50. The summed E-state index contributed by atoms with van der Waals surface area (Å²) in [7, 11) is 3.13. The maximum Gasteiger partial charge on any atom is 0.323 e. The first-order valence-corrected chi connectivity index (χ1v) is 7.54. The average molecular weight is 291 g/mol. The van der Waals surface area contributed by atoms with Gasteiger partial charge in [-0.15, -0.1) is 0 Å². The number of esters is 1. The molecule has 0 saturated heterocycles. The fourth-order valence-electron chi connectivity index (χ4n) is 2.92. The molecule has 1 aromatic carbocycles. The Bertz CT molecular complexity index is 499. The van der Waals surface area contributed by atoms with E-state index in [1.807, 2.05) is 19.9 Å². The summed E-state index contributed by atoms with van der Waals surface area (Å²) >= 11 is 0. The Morgan fingerprint density at radius 2 is 2.05 bits per heavy atom. The lowest BCUT2D eigenvalue weighted by Crippen LogP contribution is -2.48. The topological polar surface area (TPSA) is 47.6 Å². The normalized spacial score (nSPS) is 19.0. The molecule has 0 saturated carbocycles. The predicted octanol–water partition coefficient (Wildman–Crippen LogP) is 2.34. The van der Waals surface area contributed by atoms with Gasteiger partial charge in [-0.2, -0.15) is 0 Å². The van der Waals surface area contributed by atoms with Crippen LogP contribution in [-0.4, -0.2) is 32.3 Å². The van der Waals surface area contributed by atoms with Crippen molar-refractivity contribution in [2.45, 2.75) is 45.2 Å². The van der Waals surface area contributed by atoms with E-state index in [2.05, 4.69) is 17.4 Å². The molecule has 0 bridgehead atoms. The summed E-state index contributed by atoms with van der Waals surface area (Å²) in [6.07, 6.45) is 3.00. The smallest absolute Gasteiger partial charge is 0.323 e. The maximum absolute atomic E-state index is 11.9. The van der Waals surface area contributed by atoms with Gasteiger partial charge in [0.1, 0.15) is 11.8 Å². The molecule has 2 unspecified atom stereocenters. The van der Waals surface area contributed by atoms with Crippen LogP contribution in [0.2, 0.25) is 0 Å². The Hall–Kier alpha value is -1.55. The molecule has 1 aliphatic rings. The molecule has 0 spiro atoms. The number of benzene rings is 1. The van der Waals surface area contributed by atoms with Crippen molar-refractivity contribution in [3.8, 4) is 5.75 Å². The third kappa shape index (κ3) is 3.76. The molecule has 0 amide bonds. The molecule has 0 aliphatic heterocycles. The molecule has 1 aliphatic carbocycles. The Morgan fingerprint density at radius 3 is 2.67 bits per heavy atom. The van der Waals surface area contributed by atoms with E-state index in [1.54, 1.807) is 7.11 Å². The second-order valence-electron chi connectivity index (χ2n) is 5.99. The minimum absolute atomic E-state index is 0.179. The van der Waals surface area contributed by atoms with Crippen molar-refractivity contribution in [3.63, 3.8) is 0 Å². The van der Waals surface area contributed by atoms with E-state index in [0.717, 1.165) is 25.0 Å². The van der Waals surface area contributed by atoms with Crippen LogP contribution in [0.25, 0.3) is 0 Å². The number of methoxy groups -OCH3 is 2. The molecule has 2 rings (SSSR count). The second-order valence-corrected chi connectivity index (χ2v) is 5.99. The number of ether oxygens (including phenoxy) is 2. The number of nitrogens with one attached hydrogen (secondary N) is 1. The zero-order chi connectivity index (χ0) is 15.4. The van der Waals surface area contributed by atoms with E-state index in [-0.39, 0.29) is 17.9 Å². The van der Waals surface area contributed by atoms with Crippen LogP contribution < -0.4 is 10.1 Å². The summed E-state index contributed by atoms with van der Waals surface area (Å²) in [5, 5.41) is 3.47. The zero-order valence-electron chi connectivity index (χ0n) is 13.3. The molecule has 0 fully saturated rings. The minimum Gasteiger partial charge on any atom is -0.497 e. The summed E-state index contributed by atoms with van der Waals surface area (Å²) in [6.45, 7) is 4.07. The van der Waals surface area contributed by atoms with Crippen LogP contribution >= 0.6 is 0 Å². The largest absolute Gasteiger partial charge is 0.497 e. The van der Waals surface area contributed by atoms with Crippen LogP contribution in [0.5, 0.6) is 5.75 Å². The number of carbonyl (C=O) groups is 1. The Balaban J connectivity index is 2.07. The molecule has 0 aromatic heterocycles. The molecule has 2 atom stereocenters. The van der Waals surface area contributed by atoms with Crippen molar-refractivity contribution in [1.29, 1.82) is 0 Å². The first-order valence-electron chi connectivity index (χ1n) is 7.54. The van der Waals surface area contributed by atoms with E-state index in [1.165, 1.54) is 18.2 Å². The van der Waals surface area contributed by atoms with Crippen molar-refractivity contribution in [3.05, 3.63) is 29.3 Å². The van der Waals surface area contributed by atoms with Crippen molar-refractivity contribution < 1.29 is 14.3 Å². The monoisotopic (exact) mass is 291 g/mol. The molecular weight excluding hydrogens is 266 g/mol. The van der Waals surface area contributed by atoms with Gasteiger partial charge in [0.25, 0.3) is 0 Å². The molecule has 0 heterocycles. The number of carbonyl (C=O) groups excluding carboxylic acids is 1. The highest BCUT2D eigenvalue weighted by Crippen LogP contribution is 2.26. The van der Waals surface area contributed by atoms with Crippen LogP contribution in [-0.2, 0) is 22.4 Å². The summed E-state index contributed by atoms with van der Waals surface area (Å²) in [5.41, 5.74) is 2.69. The summed E-state index contributed by atoms with van der Waals surface area (Å²) in [5.74, 6) is 0.924. The van der Waals surface area contributed by atoms with Gasteiger partial charge in [-0.3, -0.25) is 4.79 Å². The zero-order valence-corrected chi connectivity index (χ0v) is 13.3. The highest BCUT2D eigenvalue weighted by molar-refractivity contribution is 5.76. The van der Waals surface area contributed by atoms with Gasteiger partial charge in [-0.1, -0.05) is 19.9 Å². The quantitative estimate of drug-likeness (QED) is 0.846. The molecule has 4 nitrogen and oxygen atoms in total. The third-order valence-corrected chi connectivity index (χ3v) is 4.18. The lowest BCUT2D eigenvalue weighted by molar-refractivity contribution is -0.144. The molecule has 21 heavy (non-hydrogen) atoms. The molecule has 116 valence electrons. The molecule has 1 N–H and O–H groups in total. The van der Waals surface area contributed by atoms with Gasteiger partial charge in [-0.05, 0) is 48.4 Å². The Morgan fingerprint density at radius 1 is 1.29 bits per heavy atom. The standard InChI is InChI=1S/C17H25NO3/c1-11(2)16(17(19)21-4)18-14-7-5-12-6-8-15(20-3)10-13(12)9-14/h6,8,10-11,14,16,18H,5,7,9H2,1-4H3. The highest BCUT2D eigenvalue weighted by Gasteiger charge is 2.28. The molecular formula is C17H25NO3. The number of rotatable bonds is 5. The minimum atomic E-state index is -0.243. The summed E-state index contributed by atoms with van der Waals surface area (Å²) in [4.78, 5) is 11.9. The van der Waals surface area contributed by atoms with Crippen LogP contribution in [0.4, 0.5) is 0 Å². The van der Waals surface area contributed by atoms with Crippen molar-refractivity contribution in [2.24, 2.45) is 5.92 Å². The van der Waals surface area contributed by atoms with E-state index in [9.17, 15) is 4.79 Å². The third-order valence-electron chi connectivity index (χ3n) is 4.18. The van der Waals surface area contributed by atoms with Crippen LogP contribution in [0, 0.1) is 5.92 Å². The van der Waals surface area contributed by atoms with E-state index in [0.29, 0.717) is 6.04 Å². The fraction of sp³-hybridized carbons (Fsp3) is 0.588. The van der Waals surface area contributed by atoms with E-state index in [4.69, 9.17) is 9.47 Å². The fourth-order valence-corrected chi connectivity index (χ4v) is 2.92. The number of hydrogen-bond acceptors (Lipinski definition) is 4. The summed E-state index contributed by atoms with van der Waals surface area (Å²) in [6, 6.07) is 6.32. The van der Waals surface area contributed by atoms with Crippen LogP contribution in [0.3, 0.4) is 0 Å². The second kappa shape index (κ2) is 6.94. The first-order chi connectivity index (χ1) is 10.0. The van der Waals surface area contributed by atoms with Gasteiger partial charge in [0.05, 0.1) is 14.2 Å². The van der Waals surface area contributed by atoms with Crippen LogP contribution in [0.1, 0.15) is 31.4 Å². The number of fused-ring (bicyclic) bond motifs is 1. The van der Waals surface area contributed by atoms with Gasteiger partial charge in [0.15, 0.2) is 0 Å². The lowest BCUT2D eigenvalue weighted by atomic mass is 9.87. The lowest BCUT2D eigenvalue weighted by Gasteiger charge is -2.30. The number of hydrogen-bond donors (Lipinski definition) is 1. The van der Waals surface area contributed by atoms with E-state index < -0.39 is 0 Å². The Labute approximate surface area is 126 Å². The molecule has 1 aromatic rings. The van der Waals surface area contributed by atoms with Gasteiger partial charge in [0.2, 0.25) is 0 Å².